The van der Waals surface area contributed by atoms with Gasteiger partial charge in [0.25, 0.3) is 0 Å². The SMILES string of the molecule is CC[C@H](C)[C@@H](N)C(=O)N1CCN(C(=O)C2CCCCC2)CC1. The molecule has 1 saturated heterocycles. The van der Waals surface area contributed by atoms with Crippen molar-refractivity contribution >= 4 is 11.8 Å². The van der Waals surface area contributed by atoms with Gasteiger partial charge in [0.2, 0.25) is 11.8 Å². The molecule has 0 radical (unpaired) electrons. The van der Waals surface area contributed by atoms with E-state index in [1.807, 2.05) is 16.7 Å². The minimum absolute atomic E-state index is 0.0408. The second-order valence-corrected chi connectivity index (χ2v) is 6.90. The molecule has 0 aromatic rings. The maximum atomic E-state index is 12.5. The van der Waals surface area contributed by atoms with E-state index in [1.165, 1.54) is 19.3 Å². The fraction of sp³-hybridized carbons (Fsp3) is 0.882. The number of piperazine rings is 1. The number of hydrogen-bond acceptors (Lipinski definition) is 3. The lowest BCUT2D eigenvalue weighted by molar-refractivity contribution is -0.143. The average molecular weight is 309 g/mol. The standard InChI is InChI=1S/C17H31N3O2/c1-3-13(2)15(18)17(22)20-11-9-19(10-12-20)16(21)14-7-5-4-6-8-14/h13-15H,3-12,18H2,1-2H3/t13-,15+/m0/s1. The van der Waals surface area contributed by atoms with Crippen molar-refractivity contribution < 1.29 is 9.59 Å². The Hall–Kier alpha value is -1.10. The van der Waals surface area contributed by atoms with Gasteiger partial charge in [0, 0.05) is 32.1 Å². The Bertz CT molecular complexity index is 363. The van der Waals surface area contributed by atoms with E-state index in [9.17, 15) is 9.59 Å². The third-order valence-electron chi connectivity index (χ3n) is 5.40. The number of amides is 2. The van der Waals surface area contributed by atoms with E-state index < -0.39 is 6.04 Å². The summed E-state index contributed by atoms with van der Waals surface area (Å²) in [6, 6.07) is -0.411. The van der Waals surface area contributed by atoms with Crippen LogP contribution in [0.5, 0.6) is 0 Å². The minimum Gasteiger partial charge on any atom is -0.339 e. The second-order valence-electron chi connectivity index (χ2n) is 6.90. The molecule has 0 aromatic carbocycles. The van der Waals surface area contributed by atoms with Gasteiger partial charge in [-0.15, -0.1) is 0 Å². The molecule has 5 nitrogen and oxygen atoms in total. The number of carbonyl (C=O) groups is 2. The third-order valence-corrected chi connectivity index (χ3v) is 5.40. The van der Waals surface area contributed by atoms with Crippen molar-refractivity contribution in [2.75, 3.05) is 26.2 Å². The highest BCUT2D eigenvalue weighted by Gasteiger charge is 2.31. The zero-order valence-electron chi connectivity index (χ0n) is 14.1. The number of nitrogens with zero attached hydrogens (tertiary/aromatic N) is 2. The van der Waals surface area contributed by atoms with Crippen LogP contribution in [0.15, 0.2) is 0 Å². The Balaban J connectivity index is 1.82. The Morgan fingerprint density at radius 2 is 1.59 bits per heavy atom. The van der Waals surface area contributed by atoms with Crippen LogP contribution < -0.4 is 5.73 Å². The van der Waals surface area contributed by atoms with Gasteiger partial charge in [-0.1, -0.05) is 39.5 Å². The van der Waals surface area contributed by atoms with Crippen LogP contribution in [0.2, 0.25) is 0 Å². The topological polar surface area (TPSA) is 66.6 Å². The van der Waals surface area contributed by atoms with Crippen LogP contribution in [-0.4, -0.2) is 53.8 Å². The molecule has 2 N–H and O–H groups in total. The van der Waals surface area contributed by atoms with Crippen molar-refractivity contribution in [3.8, 4) is 0 Å². The first-order valence-electron chi connectivity index (χ1n) is 8.87. The zero-order chi connectivity index (χ0) is 16.1. The normalized spacial score (nSPS) is 23.2. The largest absolute Gasteiger partial charge is 0.339 e. The van der Waals surface area contributed by atoms with Crippen molar-refractivity contribution in [1.82, 2.24) is 9.80 Å². The van der Waals surface area contributed by atoms with Crippen molar-refractivity contribution in [2.45, 2.75) is 58.4 Å². The van der Waals surface area contributed by atoms with Crippen molar-refractivity contribution in [3.05, 3.63) is 0 Å². The van der Waals surface area contributed by atoms with Crippen LogP contribution >= 0.6 is 0 Å². The highest BCUT2D eigenvalue weighted by atomic mass is 16.2. The summed E-state index contributed by atoms with van der Waals surface area (Å²) in [7, 11) is 0. The first-order valence-corrected chi connectivity index (χ1v) is 8.87. The zero-order valence-corrected chi connectivity index (χ0v) is 14.1. The van der Waals surface area contributed by atoms with Gasteiger partial charge < -0.3 is 15.5 Å². The predicted molar refractivity (Wildman–Crippen MR) is 87.2 cm³/mol. The highest BCUT2D eigenvalue weighted by Crippen LogP contribution is 2.26. The van der Waals surface area contributed by atoms with E-state index in [2.05, 4.69) is 6.92 Å². The molecule has 2 atom stereocenters. The molecule has 1 aliphatic heterocycles. The molecule has 1 saturated carbocycles. The van der Waals surface area contributed by atoms with Crippen LogP contribution in [0.25, 0.3) is 0 Å². The second kappa shape index (κ2) is 7.95. The summed E-state index contributed by atoms with van der Waals surface area (Å²) < 4.78 is 0. The lowest BCUT2D eigenvalue weighted by Gasteiger charge is -2.38. The molecule has 5 heteroatoms. The van der Waals surface area contributed by atoms with E-state index in [4.69, 9.17) is 5.73 Å². The lowest BCUT2D eigenvalue weighted by Crippen LogP contribution is -2.56. The molecule has 0 spiro atoms. The molecule has 2 rings (SSSR count). The Morgan fingerprint density at radius 1 is 1.05 bits per heavy atom. The molecule has 0 aromatic heterocycles. The summed E-state index contributed by atoms with van der Waals surface area (Å²) >= 11 is 0. The number of rotatable bonds is 4. The summed E-state index contributed by atoms with van der Waals surface area (Å²) in [5, 5.41) is 0. The number of hydrogen-bond donors (Lipinski definition) is 1. The first-order chi connectivity index (χ1) is 10.5. The summed E-state index contributed by atoms with van der Waals surface area (Å²) in [4.78, 5) is 28.7. The van der Waals surface area contributed by atoms with Gasteiger partial charge in [-0.25, -0.2) is 0 Å². The van der Waals surface area contributed by atoms with Crippen molar-refractivity contribution in [3.63, 3.8) is 0 Å². The van der Waals surface area contributed by atoms with E-state index >= 15 is 0 Å². The molecule has 126 valence electrons. The molecule has 2 aliphatic rings. The monoisotopic (exact) mass is 309 g/mol. The molecular formula is C17H31N3O2. The van der Waals surface area contributed by atoms with Crippen LogP contribution in [0.4, 0.5) is 0 Å². The minimum atomic E-state index is -0.411. The van der Waals surface area contributed by atoms with Crippen molar-refractivity contribution in [2.24, 2.45) is 17.6 Å². The molecule has 1 heterocycles. The van der Waals surface area contributed by atoms with Crippen LogP contribution in [-0.2, 0) is 9.59 Å². The maximum absolute atomic E-state index is 12.5. The predicted octanol–water partition coefficient (Wildman–Crippen LogP) is 1.61. The highest BCUT2D eigenvalue weighted by molar-refractivity contribution is 5.83. The van der Waals surface area contributed by atoms with Gasteiger partial charge in [-0.3, -0.25) is 9.59 Å². The quantitative estimate of drug-likeness (QED) is 0.858. The van der Waals surface area contributed by atoms with Gasteiger partial charge in [-0.2, -0.15) is 0 Å². The van der Waals surface area contributed by atoms with E-state index in [1.54, 1.807) is 0 Å². The molecule has 22 heavy (non-hydrogen) atoms. The molecule has 0 unspecified atom stereocenters. The van der Waals surface area contributed by atoms with E-state index in [-0.39, 0.29) is 17.7 Å². The smallest absolute Gasteiger partial charge is 0.239 e. The summed E-state index contributed by atoms with van der Waals surface area (Å²) in [6.45, 7) is 6.65. The first kappa shape index (κ1) is 17.3. The summed E-state index contributed by atoms with van der Waals surface area (Å²) in [5.41, 5.74) is 6.04. The maximum Gasteiger partial charge on any atom is 0.239 e. The number of nitrogens with two attached hydrogens (primary N) is 1. The average Bonchev–Trinajstić information content (AvgIpc) is 2.60. The Morgan fingerprint density at radius 3 is 2.14 bits per heavy atom. The molecular weight excluding hydrogens is 278 g/mol. The van der Waals surface area contributed by atoms with Crippen LogP contribution in [0, 0.1) is 11.8 Å². The van der Waals surface area contributed by atoms with Gasteiger partial charge >= 0.3 is 0 Å². The molecule has 2 fully saturated rings. The van der Waals surface area contributed by atoms with Crippen LogP contribution in [0.3, 0.4) is 0 Å². The number of carbonyl (C=O) groups excluding carboxylic acids is 2. The Labute approximate surface area is 134 Å². The van der Waals surface area contributed by atoms with Gasteiger partial charge in [0.05, 0.1) is 6.04 Å². The third kappa shape index (κ3) is 4.00. The van der Waals surface area contributed by atoms with Gasteiger partial charge in [0.1, 0.15) is 0 Å². The Kier molecular flexibility index (Phi) is 6.24. The molecule has 0 bridgehead atoms. The van der Waals surface area contributed by atoms with Gasteiger partial charge in [-0.05, 0) is 18.8 Å². The van der Waals surface area contributed by atoms with Crippen molar-refractivity contribution in [1.29, 1.82) is 0 Å². The van der Waals surface area contributed by atoms with Crippen LogP contribution in [0.1, 0.15) is 52.4 Å². The van der Waals surface area contributed by atoms with Gasteiger partial charge in [0.15, 0.2) is 0 Å². The fourth-order valence-corrected chi connectivity index (χ4v) is 3.46. The summed E-state index contributed by atoms with van der Waals surface area (Å²) in [5.74, 6) is 0.768. The molecule has 1 aliphatic carbocycles. The fourth-order valence-electron chi connectivity index (χ4n) is 3.46. The van der Waals surface area contributed by atoms with E-state index in [0.717, 1.165) is 19.3 Å². The lowest BCUT2D eigenvalue weighted by atomic mass is 9.88. The van der Waals surface area contributed by atoms with E-state index in [0.29, 0.717) is 32.1 Å². The molecule has 2 amide bonds. The summed E-state index contributed by atoms with van der Waals surface area (Å²) in [6.07, 6.45) is 6.61.